The number of hydrogen-bond donors (Lipinski definition) is 1. The van der Waals surface area contributed by atoms with Crippen LogP contribution in [0.3, 0.4) is 0 Å². The summed E-state index contributed by atoms with van der Waals surface area (Å²) in [5, 5.41) is 3.27. The van der Waals surface area contributed by atoms with E-state index < -0.39 is 0 Å². The molecule has 0 radical (unpaired) electrons. The van der Waals surface area contributed by atoms with Crippen LogP contribution in [0.1, 0.15) is 44.9 Å². The van der Waals surface area contributed by atoms with Crippen LogP contribution in [0.25, 0.3) is 0 Å². The molecule has 15 heavy (non-hydrogen) atoms. The fourth-order valence-corrected chi connectivity index (χ4v) is 3.22. The smallest absolute Gasteiger partial charge is 0.0123 e. The second-order valence-corrected chi connectivity index (χ2v) is 5.25. The first-order valence-corrected chi connectivity index (χ1v) is 6.80. The zero-order valence-corrected chi connectivity index (χ0v) is 10.2. The maximum absolute atomic E-state index is 3.27. The predicted molar refractivity (Wildman–Crippen MR) is 65.1 cm³/mol. The molecule has 0 spiro atoms. The van der Waals surface area contributed by atoms with Crippen LogP contribution in [0.4, 0.5) is 0 Å². The van der Waals surface area contributed by atoms with Gasteiger partial charge in [0.1, 0.15) is 0 Å². The summed E-state index contributed by atoms with van der Waals surface area (Å²) in [6, 6.07) is 0.948. The van der Waals surface area contributed by atoms with Crippen molar-refractivity contribution >= 4 is 0 Å². The Morgan fingerprint density at radius 2 is 1.93 bits per heavy atom. The quantitative estimate of drug-likeness (QED) is 0.700. The molecule has 1 aliphatic heterocycles. The summed E-state index contributed by atoms with van der Waals surface area (Å²) >= 11 is 0. The minimum Gasteiger partial charge on any atom is -0.320 e. The van der Waals surface area contributed by atoms with Crippen LogP contribution in [0.2, 0.25) is 0 Å². The van der Waals surface area contributed by atoms with Gasteiger partial charge in [-0.25, -0.2) is 0 Å². The van der Waals surface area contributed by atoms with E-state index >= 15 is 0 Å². The average Bonchev–Trinajstić information content (AvgIpc) is 2.18. The molecular formula is C13H26N2. The number of likely N-dealkylation sites (tertiary alicyclic amines) is 1. The van der Waals surface area contributed by atoms with Gasteiger partial charge < -0.3 is 10.2 Å². The number of hydrogen-bond acceptors (Lipinski definition) is 2. The maximum atomic E-state index is 3.27. The van der Waals surface area contributed by atoms with Crippen molar-refractivity contribution in [1.29, 1.82) is 0 Å². The minimum absolute atomic E-state index is 0.948. The van der Waals surface area contributed by atoms with E-state index in [2.05, 4.69) is 17.3 Å². The topological polar surface area (TPSA) is 15.3 Å². The zero-order valence-electron chi connectivity index (χ0n) is 10.2. The highest BCUT2D eigenvalue weighted by molar-refractivity contribution is 4.86. The van der Waals surface area contributed by atoms with E-state index in [1.54, 1.807) is 0 Å². The highest BCUT2D eigenvalue weighted by Gasteiger charge is 2.32. The van der Waals surface area contributed by atoms with Crippen LogP contribution >= 0.6 is 0 Å². The first-order valence-electron chi connectivity index (χ1n) is 6.80. The fourth-order valence-electron chi connectivity index (χ4n) is 3.22. The third-order valence-corrected chi connectivity index (χ3v) is 4.23. The first-order chi connectivity index (χ1) is 7.42. The van der Waals surface area contributed by atoms with Crippen LogP contribution in [-0.4, -0.2) is 37.6 Å². The molecule has 88 valence electrons. The van der Waals surface area contributed by atoms with Gasteiger partial charge in [-0.3, -0.25) is 0 Å². The van der Waals surface area contributed by atoms with Crippen LogP contribution in [0.5, 0.6) is 0 Å². The molecule has 2 fully saturated rings. The highest BCUT2D eigenvalue weighted by Crippen LogP contribution is 2.33. The third-order valence-electron chi connectivity index (χ3n) is 4.23. The van der Waals surface area contributed by atoms with Gasteiger partial charge >= 0.3 is 0 Å². The summed E-state index contributed by atoms with van der Waals surface area (Å²) in [5.74, 6) is 1.01. The molecule has 2 unspecified atom stereocenters. The standard InChI is InChI=1S/C13H26N2/c1-14-9-4-7-12-6-2-3-8-13(12)15-10-5-11-15/h12-14H,2-11H2,1H3. The molecule has 0 bridgehead atoms. The fraction of sp³-hybridized carbons (Fsp3) is 1.00. The van der Waals surface area contributed by atoms with Gasteiger partial charge in [-0.15, -0.1) is 0 Å². The summed E-state index contributed by atoms with van der Waals surface area (Å²) in [6.07, 6.45) is 10.2. The van der Waals surface area contributed by atoms with Crippen molar-refractivity contribution < 1.29 is 0 Å². The van der Waals surface area contributed by atoms with E-state index in [4.69, 9.17) is 0 Å². The molecule has 1 saturated heterocycles. The Hall–Kier alpha value is -0.0800. The molecule has 1 aliphatic carbocycles. The highest BCUT2D eigenvalue weighted by atomic mass is 15.2. The Labute approximate surface area is 94.4 Å². The third kappa shape index (κ3) is 2.94. The van der Waals surface area contributed by atoms with Crippen LogP contribution in [0, 0.1) is 5.92 Å². The van der Waals surface area contributed by atoms with Gasteiger partial charge in [-0.2, -0.15) is 0 Å². The molecule has 2 nitrogen and oxygen atoms in total. The summed E-state index contributed by atoms with van der Waals surface area (Å²) in [4.78, 5) is 2.74. The monoisotopic (exact) mass is 210 g/mol. The predicted octanol–water partition coefficient (Wildman–Crippen LogP) is 2.25. The van der Waals surface area contributed by atoms with Gasteiger partial charge in [-0.05, 0) is 64.7 Å². The molecular weight excluding hydrogens is 184 g/mol. The number of nitrogens with zero attached hydrogens (tertiary/aromatic N) is 1. The Morgan fingerprint density at radius 1 is 1.13 bits per heavy atom. The molecule has 1 N–H and O–H groups in total. The lowest BCUT2D eigenvalue weighted by atomic mass is 9.80. The minimum atomic E-state index is 0.948. The molecule has 2 rings (SSSR count). The second kappa shape index (κ2) is 5.86. The summed E-state index contributed by atoms with van der Waals surface area (Å²) in [6.45, 7) is 3.96. The van der Waals surface area contributed by atoms with Crippen molar-refractivity contribution in [1.82, 2.24) is 10.2 Å². The lowest BCUT2D eigenvalue weighted by Crippen LogP contribution is -2.49. The van der Waals surface area contributed by atoms with Gasteiger partial charge in [0.2, 0.25) is 0 Å². The van der Waals surface area contributed by atoms with E-state index in [1.165, 1.54) is 64.6 Å². The number of nitrogens with one attached hydrogen (secondary N) is 1. The zero-order chi connectivity index (χ0) is 10.5. The molecule has 2 atom stereocenters. The van der Waals surface area contributed by atoms with E-state index in [0.717, 1.165) is 12.0 Å². The van der Waals surface area contributed by atoms with Gasteiger partial charge in [0.25, 0.3) is 0 Å². The van der Waals surface area contributed by atoms with Crippen LogP contribution in [0.15, 0.2) is 0 Å². The molecule has 0 aromatic rings. The average molecular weight is 210 g/mol. The molecule has 1 heterocycles. The Kier molecular flexibility index (Phi) is 4.45. The largest absolute Gasteiger partial charge is 0.320 e. The second-order valence-electron chi connectivity index (χ2n) is 5.25. The van der Waals surface area contributed by atoms with Crippen molar-refractivity contribution in [3.05, 3.63) is 0 Å². The van der Waals surface area contributed by atoms with Crippen molar-refractivity contribution in [2.75, 3.05) is 26.7 Å². The van der Waals surface area contributed by atoms with Crippen LogP contribution in [-0.2, 0) is 0 Å². The molecule has 2 heteroatoms. The van der Waals surface area contributed by atoms with Gasteiger partial charge in [0.05, 0.1) is 0 Å². The summed E-state index contributed by atoms with van der Waals surface area (Å²) < 4.78 is 0. The van der Waals surface area contributed by atoms with Crippen LogP contribution < -0.4 is 5.32 Å². The summed E-state index contributed by atoms with van der Waals surface area (Å²) in [7, 11) is 2.06. The Balaban J connectivity index is 1.76. The van der Waals surface area contributed by atoms with Crippen molar-refractivity contribution in [3.63, 3.8) is 0 Å². The van der Waals surface area contributed by atoms with E-state index in [1.807, 2.05) is 0 Å². The van der Waals surface area contributed by atoms with Crippen molar-refractivity contribution in [2.24, 2.45) is 5.92 Å². The van der Waals surface area contributed by atoms with Gasteiger partial charge in [0.15, 0.2) is 0 Å². The molecule has 0 amide bonds. The van der Waals surface area contributed by atoms with E-state index in [9.17, 15) is 0 Å². The number of rotatable bonds is 5. The van der Waals surface area contributed by atoms with Gasteiger partial charge in [-0.1, -0.05) is 12.8 Å². The lowest BCUT2D eigenvalue weighted by Gasteiger charge is -2.45. The first kappa shape index (κ1) is 11.4. The van der Waals surface area contributed by atoms with Crippen molar-refractivity contribution in [3.8, 4) is 0 Å². The Bertz CT molecular complexity index is 177. The van der Waals surface area contributed by atoms with E-state index in [0.29, 0.717) is 0 Å². The molecule has 0 aromatic carbocycles. The van der Waals surface area contributed by atoms with E-state index in [-0.39, 0.29) is 0 Å². The van der Waals surface area contributed by atoms with Crippen molar-refractivity contribution in [2.45, 2.75) is 51.0 Å². The maximum Gasteiger partial charge on any atom is 0.0123 e. The molecule has 0 aromatic heterocycles. The van der Waals surface area contributed by atoms with Gasteiger partial charge in [0, 0.05) is 6.04 Å². The normalized spacial score (nSPS) is 32.6. The SMILES string of the molecule is CNCCCC1CCCCC1N1CCC1. The lowest BCUT2D eigenvalue weighted by molar-refractivity contribution is 0.0477. The molecule has 1 saturated carbocycles. The summed E-state index contributed by atoms with van der Waals surface area (Å²) in [5.41, 5.74) is 0. The molecule has 2 aliphatic rings. The Morgan fingerprint density at radius 3 is 2.60 bits per heavy atom.